The van der Waals surface area contributed by atoms with Crippen LogP contribution in [0.2, 0.25) is 0 Å². The van der Waals surface area contributed by atoms with Gasteiger partial charge in [-0.15, -0.1) is 0 Å². The lowest BCUT2D eigenvalue weighted by atomic mass is 9.83. The zero-order valence-electron chi connectivity index (χ0n) is 18.3. The summed E-state index contributed by atoms with van der Waals surface area (Å²) >= 11 is 0. The number of allylic oxidation sites excluding steroid dienone is 1. The fraction of sp³-hybridized carbons (Fsp3) is 0.375. The van der Waals surface area contributed by atoms with Gasteiger partial charge in [0.1, 0.15) is 0 Å². The minimum Gasteiger partial charge on any atom is -0.347 e. The van der Waals surface area contributed by atoms with Crippen LogP contribution in [0.25, 0.3) is 0 Å². The van der Waals surface area contributed by atoms with Crippen molar-refractivity contribution < 1.29 is 13.2 Å². The number of nitrogens with zero attached hydrogens (tertiary/aromatic N) is 3. The van der Waals surface area contributed by atoms with Crippen molar-refractivity contribution in [3.8, 4) is 0 Å². The average molecular weight is 440 g/mol. The number of para-hydroxylation sites is 1. The molecule has 164 valence electrons. The number of carbonyl (C=O) groups is 1. The van der Waals surface area contributed by atoms with Gasteiger partial charge < -0.3 is 4.90 Å². The van der Waals surface area contributed by atoms with Crippen molar-refractivity contribution in [3.63, 3.8) is 0 Å². The molecule has 6 nitrogen and oxygen atoms in total. The van der Waals surface area contributed by atoms with E-state index in [1.54, 1.807) is 36.4 Å². The second-order valence-electron chi connectivity index (χ2n) is 8.69. The molecular formula is C24H29N3O3S. The molecule has 0 N–H and O–H groups in total. The highest BCUT2D eigenvalue weighted by molar-refractivity contribution is 7.89. The number of hydrogen-bond acceptors (Lipinski definition) is 5. The van der Waals surface area contributed by atoms with Crippen molar-refractivity contribution >= 4 is 21.5 Å². The predicted octanol–water partition coefficient (Wildman–Crippen LogP) is 2.87. The first kappa shape index (κ1) is 21.7. The molecule has 2 aliphatic rings. The van der Waals surface area contributed by atoms with E-state index in [2.05, 4.69) is 30.9 Å². The Morgan fingerprint density at radius 1 is 0.968 bits per heavy atom. The maximum absolute atomic E-state index is 12.9. The van der Waals surface area contributed by atoms with E-state index in [9.17, 15) is 13.2 Å². The summed E-state index contributed by atoms with van der Waals surface area (Å²) in [5.74, 6) is 0.0436. The van der Waals surface area contributed by atoms with E-state index in [1.807, 2.05) is 24.1 Å². The third-order valence-corrected chi connectivity index (χ3v) is 8.24. The molecule has 0 aromatic heterocycles. The molecule has 31 heavy (non-hydrogen) atoms. The van der Waals surface area contributed by atoms with E-state index in [-0.39, 0.29) is 11.2 Å². The quantitative estimate of drug-likeness (QED) is 0.671. The molecule has 4 rings (SSSR count). The van der Waals surface area contributed by atoms with E-state index in [4.69, 9.17) is 0 Å². The summed E-state index contributed by atoms with van der Waals surface area (Å²) in [4.78, 5) is 17.3. The summed E-state index contributed by atoms with van der Waals surface area (Å²) in [6.45, 7) is 6.43. The lowest BCUT2D eigenvalue weighted by Crippen LogP contribution is -2.49. The zero-order valence-corrected chi connectivity index (χ0v) is 19.1. The van der Waals surface area contributed by atoms with Gasteiger partial charge in [0, 0.05) is 56.1 Å². The summed E-state index contributed by atoms with van der Waals surface area (Å²) < 4.78 is 27.1. The fourth-order valence-corrected chi connectivity index (χ4v) is 5.99. The highest BCUT2D eigenvalue weighted by Crippen LogP contribution is 2.46. The number of sulfonamides is 1. The lowest BCUT2D eigenvalue weighted by molar-refractivity contribution is -0.116. The highest BCUT2D eigenvalue weighted by atomic mass is 32.2. The molecule has 0 spiro atoms. The van der Waals surface area contributed by atoms with Crippen LogP contribution in [-0.4, -0.2) is 63.2 Å². The standard InChI is InChI=1S/C24H29N3O3S/c1-24(2)21-11-7-8-12-22(21)25(3)23(24)17-19(28)18-26-13-15-27(16-14-26)31(29,30)20-9-5-4-6-10-20/h4-12,17H,13-16,18H2,1-3H3/b23-17-. The van der Waals surface area contributed by atoms with Crippen LogP contribution < -0.4 is 4.90 Å². The van der Waals surface area contributed by atoms with Crippen LogP contribution in [0.3, 0.4) is 0 Å². The molecule has 0 amide bonds. The Morgan fingerprint density at radius 2 is 1.58 bits per heavy atom. The first-order chi connectivity index (χ1) is 14.7. The van der Waals surface area contributed by atoms with Gasteiger partial charge in [0.15, 0.2) is 5.78 Å². The minimum atomic E-state index is -3.48. The molecule has 0 saturated carbocycles. The van der Waals surface area contributed by atoms with Crippen molar-refractivity contribution in [1.82, 2.24) is 9.21 Å². The minimum absolute atomic E-state index is 0.0436. The highest BCUT2D eigenvalue weighted by Gasteiger charge is 2.38. The van der Waals surface area contributed by atoms with Crippen molar-refractivity contribution in [2.24, 2.45) is 0 Å². The molecular weight excluding hydrogens is 410 g/mol. The molecule has 7 heteroatoms. The van der Waals surface area contributed by atoms with Crippen LogP contribution in [-0.2, 0) is 20.2 Å². The van der Waals surface area contributed by atoms with Crippen molar-refractivity contribution in [2.75, 3.05) is 44.7 Å². The molecule has 2 aliphatic heterocycles. The number of piperazine rings is 1. The zero-order chi connectivity index (χ0) is 22.2. The van der Waals surface area contributed by atoms with Gasteiger partial charge in [-0.1, -0.05) is 50.2 Å². The van der Waals surface area contributed by atoms with Gasteiger partial charge in [0.25, 0.3) is 0 Å². The number of fused-ring (bicyclic) bond motifs is 1. The molecule has 2 aromatic rings. The van der Waals surface area contributed by atoms with Crippen LogP contribution in [0.15, 0.2) is 71.3 Å². The fourth-order valence-electron chi connectivity index (χ4n) is 4.55. The van der Waals surface area contributed by atoms with Gasteiger partial charge in [-0.25, -0.2) is 8.42 Å². The average Bonchev–Trinajstić information content (AvgIpc) is 2.96. The van der Waals surface area contributed by atoms with E-state index < -0.39 is 10.0 Å². The Balaban J connectivity index is 1.40. The number of likely N-dealkylation sites (N-methyl/N-ethyl adjacent to an activating group) is 1. The van der Waals surface area contributed by atoms with Gasteiger partial charge >= 0.3 is 0 Å². The summed E-state index contributed by atoms with van der Waals surface area (Å²) in [5, 5.41) is 0. The third kappa shape index (κ3) is 4.05. The van der Waals surface area contributed by atoms with Gasteiger partial charge in [0.2, 0.25) is 10.0 Å². The molecule has 2 heterocycles. The molecule has 0 bridgehead atoms. The molecule has 0 unspecified atom stereocenters. The maximum atomic E-state index is 12.9. The van der Waals surface area contributed by atoms with Crippen molar-refractivity contribution in [1.29, 1.82) is 0 Å². The van der Waals surface area contributed by atoms with E-state index >= 15 is 0 Å². The van der Waals surface area contributed by atoms with Crippen molar-refractivity contribution in [3.05, 3.63) is 71.9 Å². The second kappa shape index (κ2) is 8.22. The largest absolute Gasteiger partial charge is 0.347 e. The van der Waals surface area contributed by atoms with E-state index in [1.165, 1.54) is 9.87 Å². The smallest absolute Gasteiger partial charge is 0.243 e. The van der Waals surface area contributed by atoms with Crippen LogP contribution in [0.5, 0.6) is 0 Å². The summed E-state index contributed by atoms with van der Waals surface area (Å²) in [5.41, 5.74) is 3.11. The van der Waals surface area contributed by atoms with Crippen LogP contribution >= 0.6 is 0 Å². The molecule has 0 radical (unpaired) electrons. The normalized spacial score (nSPS) is 20.7. The van der Waals surface area contributed by atoms with E-state index in [0.29, 0.717) is 37.6 Å². The first-order valence-corrected chi connectivity index (χ1v) is 12.0. The summed E-state index contributed by atoms with van der Waals surface area (Å²) in [6.07, 6.45) is 1.76. The lowest BCUT2D eigenvalue weighted by Gasteiger charge is -2.33. The third-order valence-electron chi connectivity index (χ3n) is 6.33. The molecule has 2 aromatic carbocycles. The Kier molecular flexibility index (Phi) is 5.77. The summed E-state index contributed by atoms with van der Waals surface area (Å²) in [7, 11) is -1.48. The molecule has 0 aliphatic carbocycles. The van der Waals surface area contributed by atoms with Gasteiger partial charge in [-0.3, -0.25) is 9.69 Å². The van der Waals surface area contributed by atoms with Crippen LogP contribution in [0.1, 0.15) is 19.4 Å². The van der Waals surface area contributed by atoms with Crippen molar-refractivity contribution in [2.45, 2.75) is 24.2 Å². The Bertz CT molecular complexity index is 1100. The van der Waals surface area contributed by atoms with Crippen LogP contribution in [0.4, 0.5) is 5.69 Å². The predicted molar refractivity (Wildman–Crippen MR) is 123 cm³/mol. The van der Waals surface area contributed by atoms with Gasteiger partial charge in [-0.2, -0.15) is 4.31 Å². The topological polar surface area (TPSA) is 60.9 Å². The van der Waals surface area contributed by atoms with Gasteiger partial charge in [-0.05, 0) is 23.8 Å². The Morgan fingerprint density at radius 3 is 2.23 bits per heavy atom. The SMILES string of the molecule is CN1/C(=C\C(=O)CN2CCN(S(=O)(=O)c3ccccc3)CC2)C(C)(C)c2ccccc21. The monoisotopic (exact) mass is 439 g/mol. The van der Waals surface area contributed by atoms with E-state index in [0.717, 1.165) is 11.4 Å². The number of ketones is 1. The number of hydrogen-bond donors (Lipinski definition) is 0. The van der Waals surface area contributed by atoms with Crippen LogP contribution in [0, 0.1) is 0 Å². The summed E-state index contributed by atoms with van der Waals surface area (Å²) in [6, 6.07) is 16.7. The number of anilines is 1. The second-order valence-corrected chi connectivity index (χ2v) is 10.6. The number of rotatable bonds is 5. The van der Waals surface area contributed by atoms with Gasteiger partial charge in [0.05, 0.1) is 11.4 Å². The number of benzene rings is 2. The molecule has 1 saturated heterocycles. The Hall–Kier alpha value is -2.48. The number of carbonyl (C=O) groups excluding carboxylic acids is 1. The molecule has 0 atom stereocenters. The molecule has 1 fully saturated rings. The Labute approximate surface area is 184 Å². The maximum Gasteiger partial charge on any atom is 0.243 e. The first-order valence-electron chi connectivity index (χ1n) is 10.6.